The fourth-order valence-corrected chi connectivity index (χ4v) is 1.76. The zero-order valence-electron chi connectivity index (χ0n) is 10.8. The van der Waals surface area contributed by atoms with E-state index in [1.165, 1.54) is 0 Å². The molecule has 0 aliphatic rings. The fraction of sp³-hybridized carbons (Fsp3) is 0.200. The number of aromatic nitrogens is 1. The average molecular weight is 255 g/mol. The van der Waals surface area contributed by atoms with Crippen molar-refractivity contribution in [1.29, 1.82) is 0 Å². The Bertz CT molecular complexity index is 537. The summed E-state index contributed by atoms with van der Waals surface area (Å²) in [6.45, 7) is 2.50. The summed E-state index contributed by atoms with van der Waals surface area (Å²) in [6.07, 6.45) is 3.48. The van der Waals surface area contributed by atoms with Gasteiger partial charge in [-0.15, -0.1) is 0 Å². The summed E-state index contributed by atoms with van der Waals surface area (Å²) in [7, 11) is 0. The number of pyridine rings is 1. The molecule has 0 spiro atoms. The standard InChI is InChI=1S/C15H17N3O/c1-11(18-10-12-6-8-17-9-7-12)15(19)13-2-4-14(16)5-3-13/h2-9,11,18H,10,16H2,1H3. The van der Waals surface area contributed by atoms with E-state index in [1.54, 1.807) is 36.7 Å². The van der Waals surface area contributed by atoms with Crippen LogP contribution in [0.2, 0.25) is 0 Å². The van der Waals surface area contributed by atoms with Crippen molar-refractivity contribution in [2.75, 3.05) is 5.73 Å². The molecule has 3 N–H and O–H groups in total. The third-order valence-corrected chi connectivity index (χ3v) is 2.95. The highest BCUT2D eigenvalue weighted by Crippen LogP contribution is 2.08. The molecule has 2 rings (SSSR count). The summed E-state index contributed by atoms with van der Waals surface area (Å²) in [4.78, 5) is 16.1. The first-order valence-corrected chi connectivity index (χ1v) is 6.19. The van der Waals surface area contributed by atoms with E-state index in [0.717, 1.165) is 5.56 Å². The third-order valence-electron chi connectivity index (χ3n) is 2.95. The van der Waals surface area contributed by atoms with Crippen LogP contribution in [0.25, 0.3) is 0 Å². The largest absolute Gasteiger partial charge is 0.399 e. The van der Waals surface area contributed by atoms with Crippen LogP contribution in [0.3, 0.4) is 0 Å². The highest BCUT2D eigenvalue weighted by atomic mass is 16.1. The van der Waals surface area contributed by atoms with Gasteiger partial charge in [0.05, 0.1) is 6.04 Å². The number of Topliss-reactive ketones (excluding diaryl/α,β-unsaturated/α-hetero) is 1. The van der Waals surface area contributed by atoms with E-state index in [1.807, 2.05) is 19.1 Å². The molecular formula is C15H17N3O. The second kappa shape index (κ2) is 6.11. The molecule has 2 aromatic rings. The number of nitrogens with two attached hydrogens (primary N) is 1. The van der Waals surface area contributed by atoms with E-state index in [0.29, 0.717) is 17.8 Å². The average Bonchev–Trinajstić information content (AvgIpc) is 2.46. The van der Waals surface area contributed by atoms with Crippen molar-refractivity contribution < 1.29 is 4.79 Å². The Labute approximate surface area is 112 Å². The van der Waals surface area contributed by atoms with Crippen LogP contribution in [-0.2, 0) is 6.54 Å². The van der Waals surface area contributed by atoms with Crippen LogP contribution in [0.5, 0.6) is 0 Å². The van der Waals surface area contributed by atoms with Gasteiger partial charge in [-0.05, 0) is 48.9 Å². The maximum Gasteiger partial charge on any atom is 0.179 e. The number of carbonyl (C=O) groups excluding carboxylic acids is 1. The van der Waals surface area contributed by atoms with Gasteiger partial charge in [-0.2, -0.15) is 0 Å². The molecule has 0 radical (unpaired) electrons. The number of hydrogen-bond acceptors (Lipinski definition) is 4. The van der Waals surface area contributed by atoms with Crippen LogP contribution in [-0.4, -0.2) is 16.8 Å². The summed E-state index contributed by atoms with van der Waals surface area (Å²) in [5, 5.41) is 3.20. The minimum Gasteiger partial charge on any atom is -0.399 e. The van der Waals surface area contributed by atoms with E-state index in [2.05, 4.69) is 10.3 Å². The highest BCUT2D eigenvalue weighted by Gasteiger charge is 2.14. The van der Waals surface area contributed by atoms with E-state index in [4.69, 9.17) is 5.73 Å². The minimum atomic E-state index is -0.239. The molecule has 1 atom stereocenters. The zero-order valence-corrected chi connectivity index (χ0v) is 10.8. The van der Waals surface area contributed by atoms with E-state index < -0.39 is 0 Å². The second-order valence-corrected chi connectivity index (χ2v) is 4.44. The van der Waals surface area contributed by atoms with Crippen molar-refractivity contribution in [1.82, 2.24) is 10.3 Å². The van der Waals surface area contributed by atoms with Gasteiger partial charge >= 0.3 is 0 Å². The molecule has 0 aliphatic carbocycles. The number of nitrogens with zero attached hydrogens (tertiary/aromatic N) is 1. The van der Waals surface area contributed by atoms with Gasteiger partial charge in [0, 0.05) is 30.2 Å². The van der Waals surface area contributed by atoms with Crippen molar-refractivity contribution >= 4 is 11.5 Å². The number of rotatable bonds is 5. The van der Waals surface area contributed by atoms with Gasteiger partial charge in [-0.25, -0.2) is 0 Å². The van der Waals surface area contributed by atoms with Crippen molar-refractivity contribution in [3.63, 3.8) is 0 Å². The van der Waals surface area contributed by atoms with E-state index in [9.17, 15) is 4.79 Å². The monoisotopic (exact) mass is 255 g/mol. The lowest BCUT2D eigenvalue weighted by atomic mass is 10.0. The lowest BCUT2D eigenvalue weighted by molar-refractivity contribution is 0.0950. The number of carbonyl (C=O) groups is 1. The van der Waals surface area contributed by atoms with Crippen LogP contribution in [0.1, 0.15) is 22.8 Å². The van der Waals surface area contributed by atoms with E-state index in [-0.39, 0.29) is 11.8 Å². The molecule has 1 aromatic carbocycles. The van der Waals surface area contributed by atoms with Crippen LogP contribution >= 0.6 is 0 Å². The predicted molar refractivity (Wildman–Crippen MR) is 75.7 cm³/mol. The summed E-state index contributed by atoms with van der Waals surface area (Å²) in [6, 6.07) is 10.6. The normalized spacial score (nSPS) is 12.1. The molecule has 4 heteroatoms. The Hall–Kier alpha value is -2.20. The Kier molecular flexibility index (Phi) is 4.26. The van der Waals surface area contributed by atoms with Gasteiger partial charge < -0.3 is 11.1 Å². The molecule has 1 heterocycles. The van der Waals surface area contributed by atoms with Crippen LogP contribution in [0.4, 0.5) is 5.69 Å². The molecule has 0 amide bonds. The molecule has 0 aliphatic heterocycles. The van der Waals surface area contributed by atoms with Gasteiger partial charge in [0.1, 0.15) is 0 Å². The Morgan fingerprint density at radius 2 is 1.84 bits per heavy atom. The molecular weight excluding hydrogens is 238 g/mol. The number of nitrogen functional groups attached to an aromatic ring is 1. The molecule has 0 bridgehead atoms. The third kappa shape index (κ3) is 3.63. The molecule has 19 heavy (non-hydrogen) atoms. The Balaban J connectivity index is 1.94. The molecule has 0 fully saturated rings. The first-order valence-electron chi connectivity index (χ1n) is 6.19. The molecule has 0 saturated heterocycles. The molecule has 1 unspecified atom stereocenters. The van der Waals surface area contributed by atoms with Crippen molar-refractivity contribution in [3.05, 3.63) is 59.9 Å². The molecule has 98 valence electrons. The van der Waals surface area contributed by atoms with Crippen LogP contribution < -0.4 is 11.1 Å². The number of ketones is 1. The summed E-state index contributed by atoms with van der Waals surface area (Å²) in [5.74, 6) is 0.0639. The Morgan fingerprint density at radius 1 is 1.21 bits per heavy atom. The Morgan fingerprint density at radius 3 is 2.47 bits per heavy atom. The van der Waals surface area contributed by atoms with Crippen LogP contribution in [0.15, 0.2) is 48.8 Å². The fourth-order valence-electron chi connectivity index (χ4n) is 1.76. The van der Waals surface area contributed by atoms with Gasteiger partial charge in [-0.1, -0.05) is 0 Å². The second-order valence-electron chi connectivity index (χ2n) is 4.44. The maximum atomic E-state index is 12.2. The predicted octanol–water partition coefficient (Wildman–Crippen LogP) is 2.02. The number of benzene rings is 1. The molecule has 4 nitrogen and oxygen atoms in total. The summed E-state index contributed by atoms with van der Waals surface area (Å²) in [5.41, 5.74) is 8.04. The zero-order chi connectivity index (χ0) is 13.7. The number of anilines is 1. The maximum absolute atomic E-state index is 12.2. The first-order chi connectivity index (χ1) is 9.16. The summed E-state index contributed by atoms with van der Waals surface area (Å²) < 4.78 is 0. The lowest BCUT2D eigenvalue weighted by Gasteiger charge is -2.13. The van der Waals surface area contributed by atoms with Crippen molar-refractivity contribution in [2.24, 2.45) is 0 Å². The SMILES string of the molecule is CC(NCc1ccncc1)C(=O)c1ccc(N)cc1. The number of nitrogens with one attached hydrogen (secondary N) is 1. The summed E-state index contributed by atoms with van der Waals surface area (Å²) >= 11 is 0. The van der Waals surface area contributed by atoms with Gasteiger partial charge in [0.2, 0.25) is 0 Å². The number of hydrogen-bond donors (Lipinski definition) is 2. The quantitative estimate of drug-likeness (QED) is 0.633. The van der Waals surface area contributed by atoms with Crippen molar-refractivity contribution in [2.45, 2.75) is 19.5 Å². The minimum absolute atomic E-state index is 0.0639. The molecule has 0 saturated carbocycles. The first kappa shape index (κ1) is 13.2. The van der Waals surface area contributed by atoms with Gasteiger partial charge in [0.15, 0.2) is 5.78 Å². The van der Waals surface area contributed by atoms with Crippen molar-refractivity contribution in [3.8, 4) is 0 Å². The van der Waals surface area contributed by atoms with E-state index >= 15 is 0 Å². The topological polar surface area (TPSA) is 68.0 Å². The van der Waals surface area contributed by atoms with Crippen LogP contribution in [0, 0.1) is 0 Å². The van der Waals surface area contributed by atoms with Gasteiger partial charge in [-0.3, -0.25) is 9.78 Å². The highest BCUT2D eigenvalue weighted by molar-refractivity contribution is 6.00. The van der Waals surface area contributed by atoms with Gasteiger partial charge in [0.25, 0.3) is 0 Å². The lowest BCUT2D eigenvalue weighted by Crippen LogP contribution is -2.33. The smallest absolute Gasteiger partial charge is 0.179 e. The molecule has 1 aromatic heterocycles.